The van der Waals surface area contributed by atoms with Gasteiger partial charge in [0.1, 0.15) is 23.3 Å². The Hall–Kier alpha value is -4.08. The lowest BCUT2D eigenvalue weighted by Crippen LogP contribution is -2.37. The summed E-state index contributed by atoms with van der Waals surface area (Å²) >= 11 is 0. The summed E-state index contributed by atoms with van der Waals surface area (Å²) in [5.41, 5.74) is -0.252. The van der Waals surface area contributed by atoms with E-state index in [1.165, 1.54) is 43.1 Å². The standard InChI is InChI=1S/C21H19FN6O3/c1-26-8-7-23-18(26)16(12-5-4-6-14(22)9-12)25-19(29)13-10-15-17(24-11-13)27(2)21(31)28(3)20(15)30/h4-11,16H,1-3H3,(H,25,29)/t16-/m0/s1. The number of aromatic nitrogens is 5. The Morgan fingerprint density at radius 3 is 2.55 bits per heavy atom. The number of nitrogens with one attached hydrogen (secondary N) is 1. The fourth-order valence-corrected chi connectivity index (χ4v) is 3.44. The molecule has 0 bridgehead atoms. The second-order valence-corrected chi connectivity index (χ2v) is 7.16. The third-order valence-corrected chi connectivity index (χ3v) is 5.13. The van der Waals surface area contributed by atoms with Gasteiger partial charge in [-0.1, -0.05) is 12.1 Å². The zero-order valence-corrected chi connectivity index (χ0v) is 17.0. The van der Waals surface area contributed by atoms with Crippen LogP contribution >= 0.6 is 0 Å². The molecule has 4 rings (SSSR count). The van der Waals surface area contributed by atoms with E-state index in [9.17, 15) is 18.8 Å². The van der Waals surface area contributed by atoms with Gasteiger partial charge in [0.25, 0.3) is 11.5 Å². The van der Waals surface area contributed by atoms with E-state index in [0.29, 0.717) is 11.4 Å². The van der Waals surface area contributed by atoms with Crippen molar-refractivity contribution in [2.75, 3.05) is 0 Å². The molecule has 31 heavy (non-hydrogen) atoms. The highest BCUT2D eigenvalue weighted by Crippen LogP contribution is 2.22. The van der Waals surface area contributed by atoms with E-state index in [1.54, 1.807) is 36.1 Å². The number of carbonyl (C=O) groups excluding carboxylic acids is 1. The molecule has 4 aromatic rings. The first-order valence-corrected chi connectivity index (χ1v) is 9.37. The van der Waals surface area contributed by atoms with E-state index < -0.39 is 29.0 Å². The third-order valence-electron chi connectivity index (χ3n) is 5.13. The van der Waals surface area contributed by atoms with Crippen LogP contribution in [0.15, 0.2) is 58.5 Å². The zero-order chi connectivity index (χ0) is 22.3. The number of rotatable bonds is 4. The number of hydrogen-bond acceptors (Lipinski definition) is 5. The molecule has 0 saturated heterocycles. The molecular formula is C21H19FN6O3. The highest BCUT2D eigenvalue weighted by Gasteiger charge is 2.23. The highest BCUT2D eigenvalue weighted by atomic mass is 19.1. The molecule has 1 N–H and O–H groups in total. The molecule has 0 radical (unpaired) electrons. The molecule has 0 aliphatic carbocycles. The number of carbonyl (C=O) groups is 1. The average Bonchev–Trinajstić information content (AvgIpc) is 3.19. The Balaban J connectivity index is 1.77. The van der Waals surface area contributed by atoms with E-state index in [2.05, 4.69) is 15.3 Å². The van der Waals surface area contributed by atoms with Gasteiger partial charge in [0.2, 0.25) is 0 Å². The van der Waals surface area contributed by atoms with Crippen molar-refractivity contribution in [3.05, 3.63) is 92.5 Å². The van der Waals surface area contributed by atoms with Crippen LogP contribution in [0.4, 0.5) is 4.39 Å². The summed E-state index contributed by atoms with van der Waals surface area (Å²) in [6.07, 6.45) is 4.59. The van der Waals surface area contributed by atoms with Crippen molar-refractivity contribution < 1.29 is 9.18 Å². The van der Waals surface area contributed by atoms with Crippen molar-refractivity contribution >= 4 is 16.9 Å². The summed E-state index contributed by atoms with van der Waals surface area (Å²) in [6.45, 7) is 0. The predicted octanol–water partition coefficient (Wildman–Crippen LogP) is 1.02. The summed E-state index contributed by atoms with van der Waals surface area (Å²) in [5, 5.41) is 2.97. The molecular weight excluding hydrogens is 403 g/mol. The van der Waals surface area contributed by atoms with Gasteiger partial charge >= 0.3 is 5.69 Å². The first-order valence-electron chi connectivity index (χ1n) is 9.37. The summed E-state index contributed by atoms with van der Waals surface area (Å²) in [5.74, 6) is -0.462. The van der Waals surface area contributed by atoms with Crippen LogP contribution in [0, 0.1) is 5.82 Å². The first-order chi connectivity index (χ1) is 14.8. The molecule has 1 aromatic carbocycles. The molecule has 0 fully saturated rings. The minimum atomic E-state index is -0.734. The molecule has 0 spiro atoms. The first kappa shape index (κ1) is 20.2. The fourth-order valence-electron chi connectivity index (χ4n) is 3.44. The Bertz CT molecular complexity index is 1440. The predicted molar refractivity (Wildman–Crippen MR) is 111 cm³/mol. The van der Waals surface area contributed by atoms with Gasteiger partial charge in [0.15, 0.2) is 0 Å². The smallest absolute Gasteiger partial charge is 0.332 e. The highest BCUT2D eigenvalue weighted by molar-refractivity contribution is 5.97. The Morgan fingerprint density at radius 1 is 1.10 bits per heavy atom. The van der Waals surface area contributed by atoms with Crippen molar-refractivity contribution in [3.63, 3.8) is 0 Å². The normalized spacial score (nSPS) is 12.1. The fraction of sp³-hybridized carbons (Fsp3) is 0.190. The second kappa shape index (κ2) is 7.63. The molecule has 1 amide bonds. The Morgan fingerprint density at radius 2 is 1.87 bits per heavy atom. The number of halogens is 1. The minimum absolute atomic E-state index is 0.124. The van der Waals surface area contributed by atoms with Crippen LogP contribution in [0.2, 0.25) is 0 Å². The monoisotopic (exact) mass is 422 g/mol. The number of amides is 1. The maximum Gasteiger partial charge on any atom is 0.332 e. The van der Waals surface area contributed by atoms with Crippen LogP contribution in [-0.4, -0.2) is 29.6 Å². The summed E-state index contributed by atoms with van der Waals surface area (Å²) < 4.78 is 17.8. The van der Waals surface area contributed by atoms with Crippen molar-refractivity contribution in [2.24, 2.45) is 21.1 Å². The lowest BCUT2D eigenvalue weighted by molar-refractivity contribution is 0.0941. The van der Waals surface area contributed by atoms with Gasteiger partial charge in [-0.15, -0.1) is 0 Å². The molecule has 10 heteroatoms. The number of benzene rings is 1. The van der Waals surface area contributed by atoms with Gasteiger partial charge in [-0.05, 0) is 23.8 Å². The van der Waals surface area contributed by atoms with Gasteiger partial charge in [-0.2, -0.15) is 0 Å². The number of pyridine rings is 1. The molecule has 0 aliphatic rings. The zero-order valence-electron chi connectivity index (χ0n) is 17.0. The van der Waals surface area contributed by atoms with E-state index in [0.717, 1.165) is 4.57 Å². The van der Waals surface area contributed by atoms with Crippen LogP contribution in [0.3, 0.4) is 0 Å². The SMILES string of the molecule is Cn1ccnc1[C@@H](NC(=O)c1cnc2c(c1)c(=O)n(C)c(=O)n2C)c1cccc(F)c1. The maximum absolute atomic E-state index is 13.8. The van der Waals surface area contributed by atoms with Crippen molar-refractivity contribution in [1.82, 2.24) is 29.0 Å². The van der Waals surface area contributed by atoms with E-state index in [-0.39, 0.29) is 16.6 Å². The van der Waals surface area contributed by atoms with Crippen molar-refractivity contribution in [1.29, 1.82) is 0 Å². The summed E-state index contributed by atoms with van der Waals surface area (Å²) in [7, 11) is 4.62. The van der Waals surface area contributed by atoms with Gasteiger partial charge in [-0.25, -0.2) is 19.2 Å². The van der Waals surface area contributed by atoms with E-state index >= 15 is 0 Å². The molecule has 9 nitrogen and oxygen atoms in total. The maximum atomic E-state index is 13.8. The topological polar surface area (TPSA) is 104 Å². The number of hydrogen-bond donors (Lipinski definition) is 1. The van der Waals surface area contributed by atoms with Gasteiger partial charge in [0, 0.05) is 39.7 Å². The van der Waals surface area contributed by atoms with Crippen LogP contribution in [0.1, 0.15) is 27.8 Å². The molecule has 3 aromatic heterocycles. The Kier molecular flexibility index (Phi) is 4.97. The number of aryl methyl sites for hydroxylation is 2. The molecule has 0 aliphatic heterocycles. The Labute approximate surface area is 175 Å². The molecule has 0 saturated carbocycles. The third kappa shape index (κ3) is 3.52. The average molecular weight is 422 g/mol. The van der Waals surface area contributed by atoms with E-state index in [4.69, 9.17) is 0 Å². The minimum Gasteiger partial charge on any atom is -0.338 e. The largest absolute Gasteiger partial charge is 0.338 e. The van der Waals surface area contributed by atoms with Crippen molar-refractivity contribution in [3.8, 4) is 0 Å². The lowest BCUT2D eigenvalue weighted by atomic mass is 10.1. The molecule has 3 heterocycles. The molecule has 158 valence electrons. The quantitative estimate of drug-likeness (QED) is 0.529. The van der Waals surface area contributed by atoms with Gasteiger partial charge in [0.05, 0.1) is 10.9 Å². The second-order valence-electron chi connectivity index (χ2n) is 7.16. The van der Waals surface area contributed by atoms with E-state index in [1.807, 2.05) is 0 Å². The van der Waals surface area contributed by atoms with Crippen molar-refractivity contribution in [2.45, 2.75) is 6.04 Å². The van der Waals surface area contributed by atoms with Gasteiger partial charge < -0.3 is 9.88 Å². The van der Waals surface area contributed by atoms with Crippen LogP contribution in [-0.2, 0) is 21.1 Å². The summed E-state index contributed by atoms with van der Waals surface area (Å²) in [6, 6.07) is 6.53. The number of nitrogens with zero attached hydrogens (tertiary/aromatic N) is 5. The van der Waals surface area contributed by atoms with Crippen LogP contribution in [0.5, 0.6) is 0 Å². The number of fused-ring (bicyclic) bond motifs is 1. The molecule has 1 atom stereocenters. The van der Waals surface area contributed by atoms with Crippen LogP contribution in [0.25, 0.3) is 11.0 Å². The lowest BCUT2D eigenvalue weighted by Gasteiger charge is -2.19. The van der Waals surface area contributed by atoms with Gasteiger partial charge in [-0.3, -0.25) is 18.7 Å². The number of imidazole rings is 1. The summed E-state index contributed by atoms with van der Waals surface area (Å²) in [4.78, 5) is 46.1. The van der Waals surface area contributed by atoms with Crippen LogP contribution < -0.4 is 16.6 Å². The molecule has 0 unspecified atom stereocenters.